The minimum atomic E-state index is 1.15. The van der Waals surface area contributed by atoms with Gasteiger partial charge in [0.2, 0.25) is 0 Å². The van der Waals surface area contributed by atoms with Gasteiger partial charge in [-0.15, -0.1) is 0 Å². The Labute approximate surface area is 65.1 Å². The zero-order valence-electron chi connectivity index (χ0n) is 6.76. The van der Waals surface area contributed by atoms with Crippen LogP contribution in [0.4, 0.5) is 5.69 Å². The highest BCUT2D eigenvalue weighted by molar-refractivity contribution is 6.32. The van der Waals surface area contributed by atoms with Crippen LogP contribution in [0.25, 0.3) is 0 Å². The maximum absolute atomic E-state index is 2.18. The minimum Gasteiger partial charge on any atom is -0.378 e. The molecule has 54 valence electrons. The van der Waals surface area contributed by atoms with Crippen molar-refractivity contribution in [1.29, 1.82) is 0 Å². The molecule has 0 aliphatic carbocycles. The maximum atomic E-state index is 2.18. The Bertz CT molecular complexity index is 203. The van der Waals surface area contributed by atoms with Gasteiger partial charge in [-0.2, -0.15) is 0 Å². The van der Waals surface area contributed by atoms with Crippen molar-refractivity contribution >= 4 is 21.1 Å². The highest BCUT2D eigenvalue weighted by Gasteiger charge is 1.90. The molecule has 1 aromatic rings. The summed E-state index contributed by atoms with van der Waals surface area (Å²) in [4.78, 5) is 2.11. The van der Waals surface area contributed by atoms with E-state index in [1.807, 2.05) is 0 Å². The Morgan fingerprint density at radius 2 is 1.60 bits per heavy atom. The van der Waals surface area contributed by atoms with Crippen molar-refractivity contribution in [2.24, 2.45) is 0 Å². The summed E-state index contributed by atoms with van der Waals surface area (Å²) in [6, 6.07) is 8.67. The molecule has 0 unspecified atom stereocenters. The molecule has 0 bridgehead atoms. The number of benzene rings is 1. The molecule has 0 amide bonds. The Morgan fingerprint density at radius 3 is 2.00 bits per heavy atom. The second-order valence-corrected chi connectivity index (χ2v) is 3.88. The summed E-state index contributed by atoms with van der Waals surface area (Å²) in [5.41, 5.74) is 1.28. The molecule has 0 radical (unpaired) electrons. The second-order valence-electron chi connectivity index (χ2n) is 2.73. The number of rotatable bonds is 1. The van der Waals surface area contributed by atoms with Crippen molar-refractivity contribution in [3.63, 3.8) is 0 Å². The summed E-state index contributed by atoms with van der Waals surface area (Å²) in [6.07, 6.45) is 0. The zero-order valence-corrected chi connectivity index (χ0v) is 8.76. The SMILES string of the molecule is CN(C)c1ccc([SiH3])cc1. The lowest BCUT2D eigenvalue weighted by Crippen LogP contribution is -2.10. The fraction of sp³-hybridized carbons (Fsp3) is 0.250. The van der Waals surface area contributed by atoms with Gasteiger partial charge in [-0.05, 0) is 12.1 Å². The average Bonchev–Trinajstić information content (AvgIpc) is 1.88. The van der Waals surface area contributed by atoms with Crippen LogP contribution >= 0.6 is 0 Å². The number of anilines is 1. The van der Waals surface area contributed by atoms with Crippen LogP contribution in [0.1, 0.15) is 0 Å². The number of hydrogen-bond acceptors (Lipinski definition) is 1. The summed E-state index contributed by atoms with van der Waals surface area (Å²) >= 11 is 0. The highest BCUT2D eigenvalue weighted by Crippen LogP contribution is 2.06. The van der Waals surface area contributed by atoms with E-state index in [4.69, 9.17) is 0 Å². The van der Waals surface area contributed by atoms with Gasteiger partial charge in [0.15, 0.2) is 0 Å². The molecule has 0 aromatic heterocycles. The third kappa shape index (κ3) is 1.61. The smallest absolute Gasteiger partial charge is 0.0384 e. The molecule has 0 atom stereocenters. The molecular weight excluding hydrogens is 138 g/mol. The first-order valence-corrected chi connectivity index (χ1v) is 4.44. The van der Waals surface area contributed by atoms with Crippen LogP contribution in [0.5, 0.6) is 0 Å². The van der Waals surface area contributed by atoms with Gasteiger partial charge in [-0.3, -0.25) is 0 Å². The average molecular weight is 151 g/mol. The van der Waals surface area contributed by atoms with Crippen LogP contribution in [-0.2, 0) is 0 Å². The third-order valence-electron chi connectivity index (χ3n) is 1.55. The lowest BCUT2D eigenvalue weighted by Gasteiger charge is -2.11. The van der Waals surface area contributed by atoms with E-state index in [-0.39, 0.29) is 0 Å². The van der Waals surface area contributed by atoms with Crippen LogP contribution in [-0.4, -0.2) is 24.3 Å². The summed E-state index contributed by atoms with van der Waals surface area (Å²) in [5.74, 6) is 0. The minimum absolute atomic E-state index is 1.15. The van der Waals surface area contributed by atoms with Crippen molar-refractivity contribution in [2.75, 3.05) is 19.0 Å². The largest absolute Gasteiger partial charge is 0.378 e. The van der Waals surface area contributed by atoms with Crippen molar-refractivity contribution in [2.45, 2.75) is 0 Å². The molecule has 0 aliphatic rings. The lowest BCUT2D eigenvalue weighted by atomic mass is 10.3. The molecule has 0 saturated heterocycles. The van der Waals surface area contributed by atoms with Gasteiger partial charge >= 0.3 is 0 Å². The number of nitrogens with zero attached hydrogens (tertiary/aromatic N) is 1. The predicted molar refractivity (Wildman–Crippen MR) is 50.3 cm³/mol. The fourth-order valence-corrected chi connectivity index (χ4v) is 1.18. The molecule has 1 rings (SSSR count). The van der Waals surface area contributed by atoms with Crippen molar-refractivity contribution in [3.8, 4) is 0 Å². The molecule has 2 heteroatoms. The molecule has 10 heavy (non-hydrogen) atoms. The summed E-state index contributed by atoms with van der Waals surface area (Å²) in [7, 11) is 5.26. The molecule has 1 nitrogen and oxygen atoms in total. The Morgan fingerprint density at radius 1 is 1.10 bits per heavy atom. The Balaban J connectivity index is 2.89. The normalized spacial score (nSPS) is 9.80. The van der Waals surface area contributed by atoms with Crippen LogP contribution in [0.2, 0.25) is 0 Å². The monoisotopic (exact) mass is 151 g/mol. The molecular formula is C8H13NSi. The van der Waals surface area contributed by atoms with E-state index in [1.165, 1.54) is 10.9 Å². The first-order chi connectivity index (χ1) is 4.70. The highest BCUT2D eigenvalue weighted by atomic mass is 28.1. The molecule has 0 aliphatic heterocycles. The van der Waals surface area contributed by atoms with Crippen LogP contribution in [0, 0.1) is 0 Å². The first-order valence-electron chi connectivity index (χ1n) is 3.44. The quantitative estimate of drug-likeness (QED) is 0.500. The van der Waals surface area contributed by atoms with Crippen LogP contribution in [0.3, 0.4) is 0 Å². The van der Waals surface area contributed by atoms with E-state index < -0.39 is 0 Å². The van der Waals surface area contributed by atoms with E-state index >= 15 is 0 Å². The van der Waals surface area contributed by atoms with E-state index in [9.17, 15) is 0 Å². The standard InChI is InChI=1S/C8H13NSi/c1-9(2)7-3-5-8(10)6-4-7/h3-6H,1-2,10H3. The molecule has 0 spiro atoms. The molecule has 0 N–H and O–H groups in total. The van der Waals surface area contributed by atoms with Gasteiger partial charge in [0.25, 0.3) is 0 Å². The predicted octanol–water partition coefficient (Wildman–Crippen LogP) is -0.257. The fourth-order valence-electron chi connectivity index (χ4n) is 0.843. The molecule has 1 aromatic carbocycles. The van der Waals surface area contributed by atoms with Gasteiger partial charge < -0.3 is 4.90 Å². The first kappa shape index (κ1) is 7.35. The summed E-state index contributed by atoms with van der Waals surface area (Å²) in [6.45, 7) is 0. The third-order valence-corrected chi connectivity index (χ3v) is 2.22. The van der Waals surface area contributed by atoms with Crippen molar-refractivity contribution in [1.82, 2.24) is 0 Å². The van der Waals surface area contributed by atoms with E-state index in [2.05, 4.69) is 43.3 Å². The lowest BCUT2D eigenvalue weighted by molar-refractivity contribution is 1.13. The molecule has 0 fully saturated rings. The Kier molecular flexibility index (Phi) is 2.12. The van der Waals surface area contributed by atoms with Crippen LogP contribution in [0.15, 0.2) is 24.3 Å². The summed E-state index contributed by atoms with van der Waals surface area (Å²) in [5, 5.41) is 1.45. The van der Waals surface area contributed by atoms with Crippen molar-refractivity contribution in [3.05, 3.63) is 24.3 Å². The molecule has 0 heterocycles. The van der Waals surface area contributed by atoms with E-state index in [1.54, 1.807) is 0 Å². The molecule has 0 saturated carbocycles. The number of hydrogen-bond donors (Lipinski definition) is 0. The van der Waals surface area contributed by atoms with Crippen LogP contribution < -0.4 is 10.1 Å². The van der Waals surface area contributed by atoms with Gasteiger partial charge in [-0.25, -0.2) is 0 Å². The van der Waals surface area contributed by atoms with Gasteiger partial charge in [-0.1, -0.05) is 17.3 Å². The maximum Gasteiger partial charge on any atom is 0.0384 e. The van der Waals surface area contributed by atoms with Crippen molar-refractivity contribution < 1.29 is 0 Å². The van der Waals surface area contributed by atoms with Gasteiger partial charge in [0.05, 0.1) is 0 Å². The summed E-state index contributed by atoms with van der Waals surface area (Å²) < 4.78 is 0. The zero-order chi connectivity index (χ0) is 7.56. The van der Waals surface area contributed by atoms with E-state index in [0.29, 0.717) is 0 Å². The van der Waals surface area contributed by atoms with Gasteiger partial charge in [0.1, 0.15) is 0 Å². The Hall–Kier alpha value is -0.763. The van der Waals surface area contributed by atoms with Gasteiger partial charge in [0, 0.05) is 30.0 Å². The topological polar surface area (TPSA) is 3.24 Å². The van der Waals surface area contributed by atoms with E-state index in [0.717, 1.165) is 10.2 Å². The second kappa shape index (κ2) is 2.88.